The Morgan fingerprint density at radius 3 is 2.76 bits per heavy atom. The average molecular weight is 521 g/mol. The van der Waals surface area contributed by atoms with Crippen molar-refractivity contribution >= 4 is 28.1 Å². The Hall–Kier alpha value is -3.36. The Kier molecular flexibility index (Phi) is 9.57. The molecule has 0 saturated carbocycles. The predicted octanol–water partition coefficient (Wildman–Crippen LogP) is 5.81. The van der Waals surface area contributed by atoms with Crippen molar-refractivity contribution in [1.29, 1.82) is 0 Å². The van der Waals surface area contributed by atoms with Crippen LogP contribution in [-0.2, 0) is 19.5 Å². The van der Waals surface area contributed by atoms with Crippen molar-refractivity contribution in [2.75, 3.05) is 27.3 Å². The van der Waals surface area contributed by atoms with E-state index in [-0.39, 0.29) is 5.91 Å². The number of hydrogen-bond acceptors (Lipinski definition) is 6. The van der Waals surface area contributed by atoms with Crippen molar-refractivity contribution in [3.63, 3.8) is 0 Å². The zero-order chi connectivity index (χ0) is 26.0. The van der Waals surface area contributed by atoms with Gasteiger partial charge in [0.15, 0.2) is 0 Å². The lowest BCUT2D eigenvalue weighted by atomic mass is 10.1. The molecule has 0 bridgehead atoms. The van der Waals surface area contributed by atoms with Crippen LogP contribution in [0.25, 0.3) is 10.9 Å². The van der Waals surface area contributed by atoms with Gasteiger partial charge in [-0.1, -0.05) is 44.0 Å². The van der Waals surface area contributed by atoms with Gasteiger partial charge in [-0.05, 0) is 30.5 Å². The first-order chi connectivity index (χ1) is 18.1. The molecule has 8 heteroatoms. The van der Waals surface area contributed by atoms with Crippen molar-refractivity contribution in [1.82, 2.24) is 20.2 Å². The number of H-pyrrole nitrogens is 1. The van der Waals surface area contributed by atoms with Crippen molar-refractivity contribution < 1.29 is 14.3 Å². The first-order valence-corrected chi connectivity index (χ1v) is 13.7. The minimum absolute atomic E-state index is 0.0965. The third-order valence-electron chi connectivity index (χ3n) is 6.47. The van der Waals surface area contributed by atoms with Gasteiger partial charge in [0, 0.05) is 53.7 Å². The molecule has 0 aliphatic rings. The second-order valence-electron chi connectivity index (χ2n) is 9.09. The molecule has 2 aromatic heterocycles. The van der Waals surface area contributed by atoms with Crippen LogP contribution >= 0.6 is 11.3 Å². The number of aromatic amines is 1. The lowest BCUT2D eigenvalue weighted by Gasteiger charge is -2.22. The fourth-order valence-corrected chi connectivity index (χ4v) is 5.22. The zero-order valence-electron chi connectivity index (χ0n) is 21.9. The van der Waals surface area contributed by atoms with Gasteiger partial charge in [-0.3, -0.25) is 9.69 Å². The molecule has 7 nitrogen and oxygen atoms in total. The third kappa shape index (κ3) is 7.11. The molecule has 4 aromatic rings. The van der Waals surface area contributed by atoms with Crippen LogP contribution in [-0.4, -0.2) is 48.1 Å². The highest BCUT2D eigenvalue weighted by atomic mass is 32.1. The summed E-state index contributed by atoms with van der Waals surface area (Å²) in [7, 11) is 3.34. The number of benzene rings is 2. The first-order valence-electron chi connectivity index (χ1n) is 12.8. The van der Waals surface area contributed by atoms with Gasteiger partial charge in [0.05, 0.1) is 20.8 Å². The van der Waals surface area contributed by atoms with Crippen LogP contribution in [0, 0.1) is 0 Å². The number of rotatable bonds is 14. The number of amides is 1. The Balaban J connectivity index is 1.49. The average Bonchev–Trinajstić information content (AvgIpc) is 3.57. The number of aromatic nitrogens is 2. The molecule has 1 amide bonds. The number of fused-ring (bicyclic) bond motifs is 1. The third-order valence-corrected chi connectivity index (χ3v) is 7.30. The van der Waals surface area contributed by atoms with Gasteiger partial charge < -0.3 is 19.8 Å². The molecule has 0 atom stereocenters. The molecule has 0 unspecified atom stereocenters. The molecule has 2 heterocycles. The van der Waals surface area contributed by atoms with E-state index in [1.54, 1.807) is 14.2 Å². The quantitative estimate of drug-likeness (QED) is 0.205. The predicted molar refractivity (Wildman–Crippen MR) is 150 cm³/mol. The highest BCUT2D eigenvalue weighted by molar-refractivity contribution is 7.09. The number of nitrogens with zero attached hydrogens (tertiary/aromatic N) is 2. The van der Waals surface area contributed by atoms with Crippen molar-refractivity contribution in [2.45, 2.75) is 45.7 Å². The van der Waals surface area contributed by atoms with Crippen LogP contribution in [0.4, 0.5) is 0 Å². The van der Waals surface area contributed by atoms with Gasteiger partial charge in [-0.2, -0.15) is 0 Å². The fourth-order valence-electron chi connectivity index (χ4n) is 4.40. The summed E-state index contributed by atoms with van der Waals surface area (Å²) in [4.78, 5) is 22.9. The molecule has 37 heavy (non-hydrogen) atoms. The van der Waals surface area contributed by atoms with Gasteiger partial charge in [0.25, 0.3) is 5.91 Å². The van der Waals surface area contributed by atoms with Crippen LogP contribution in [0.15, 0.2) is 54.0 Å². The molecule has 0 saturated heterocycles. The van der Waals surface area contributed by atoms with Crippen LogP contribution in [0.2, 0.25) is 0 Å². The molecule has 0 aliphatic carbocycles. The molecule has 0 fully saturated rings. The van der Waals surface area contributed by atoms with E-state index < -0.39 is 0 Å². The van der Waals surface area contributed by atoms with Gasteiger partial charge in [-0.15, -0.1) is 11.3 Å². The van der Waals surface area contributed by atoms with Gasteiger partial charge in [0.2, 0.25) is 0 Å². The van der Waals surface area contributed by atoms with Crippen LogP contribution in [0.3, 0.4) is 0 Å². The summed E-state index contributed by atoms with van der Waals surface area (Å²) < 4.78 is 11.0. The number of carbonyl (C=O) groups excluding carboxylic acids is 1. The highest BCUT2D eigenvalue weighted by Crippen LogP contribution is 2.27. The second-order valence-corrected chi connectivity index (χ2v) is 10.0. The number of hydrogen-bond donors (Lipinski definition) is 2. The van der Waals surface area contributed by atoms with E-state index in [2.05, 4.69) is 51.5 Å². The standard InChI is InChI=1S/C29H36N4O3S/c1-4-5-8-14-30-29(34)26-20-37-28(32-26)19-33(18-22-11-12-23(35-2)16-27(22)36-3)15-13-21-17-31-25-10-7-6-9-24(21)25/h6-7,9-12,16-17,20,31H,4-5,8,13-15,18-19H2,1-3H3,(H,30,34). The fraction of sp³-hybridized carbons (Fsp3) is 0.379. The number of ether oxygens (including phenoxy) is 2. The van der Waals surface area contributed by atoms with E-state index in [4.69, 9.17) is 9.47 Å². The van der Waals surface area contributed by atoms with Crippen LogP contribution in [0.1, 0.15) is 52.8 Å². The summed E-state index contributed by atoms with van der Waals surface area (Å²) in [5.41, 5.74) is 4.01. The lowest BCUT2D eigenvalue weighted by molar-refractivity contribution is 0.0948. The zero-order valence-corrected chi connectivity index (χ0v) is 22.7. The van der Waals surface area contributed by atoms with Gasteiger partial charge in [0.1, 0.15) is 22.2 Å². The highest BCUT2D eigenvalue weighted by Gasteiger charge is 2.16. The summed E-state index contributed by atoms with van der Waals surface area (Å²) in [5.74, 6) is 1.46. The Labute approximate surface area is 222 Å². The minimum atomic E-state index is -0.0965. The Morgan fingerprint density at radius 1 is 1.08 bits per heavy atom. The first kappa shape index (κ1) is 26.7. The molecular weight excluding hydrogens is 484 g/mol. The molecule has 4 rings (SSSR count). The summed E-state index contributed by atoms with van der Waals surface area (Å²) in [5, 5.41) is 7.02. The SMILES string of the molecule is CCCCCNC(=O)c1csc(CN(CCc2c[nH]c3ccccc23)Cc2ccc(OC)cc2OC)n1. The maximum Gasteiger partial charge on any atom is 0.270 e. The minimum Gasteiger partial charge on any atom is -0.497 e. The summed E-state index contributed by atoms with van der Waals surface area (Å²) in [6, 6.07) is 14.3. The summed E-state index contributed by atoms with van der Waals surface area (Å²) in [6.45, 7) is 5.00. The van der Waals surface area contributed by atoms with Crippen molar-refractivity contribution in [3.05, 3.63) is 75.9 Å². The summed E-state index contributed by atoms with van der Waals surface area (Å²) in [6.07, 6.45) is 6.22. The van der Waals surface area contributed by atoms with Gasteiger partial charge in [-0.25, -0.2) is 4.98 Å². The topological polar surface area (TPSA) is 79.5 Å². The molecule has 0 radical (unpaired) electrons. The van der Waals surface area contributed by atoms with Crippen molar-refractivity contribution in [2.24, 2.45) is 0 Å². The number of methoxy groups -OCH3 is 2. The Bertz CT molecular complexity index is 1300. The maximum absolute atomic E-state index is 12.5. The smallest absolute Gasteiger partial charge is 0.270 e. The van der Waals surface area contributed by atoms with E-state index in [9.17, 15) is 4.79 Å². The second kappa shape index (κ2) is 13.3. The molecule has 196 valence electrons. The molecule has 2 N–H and O–H groups in total. The normalized spacial score (nSPS) is 11.2. The van der Waals surface area contributed by atoms with Gasteiger partial charge >= 0.3 is 0 Å². The maximum atomic E-state index is 12.5. The Morgan fingerprint density at radius 2 is 1.95 bits per heavy atom. The molecule has 0 aliphatic heterocycles. The molecule has 0 spiro atoms. The van der Waals surface area contributed by atoms with Crippen molar-refractivity contribution in [3.8, 4) is 11.5 Å². The monoisotopic (exact) mass is 520 g/mol. The van der Waals surface area contributed by atoms with E-state index in [0.717, 1.165) is 59.8 Å². The molecule has 2 aromatic carbocycles. The number of carbonyl (C=O) groups is 1. The summed E-state index contributed by atoms with van der Waals surface area (Å²) >= 11 is 1.53. The van der Waals surface area contributed by atoms with E-state index in [1.165, 1.54) is 22.3 Å². The lowest BCUT2D eigenvalue weighted by Crippen LogP contribution is -2.26. The largest absolute Gasteiger partial charge is 0.497 e. The number of nitrogens with one attached hydrogen (secondary N) is 2. The van der Waals surface area contributed by atoms with Crippen LogP contribution in [0.5, 0.6) is 11.5 Å². The van der Waals surface area contributed by atoms with E-state index in [1.807, 2.05) is 29.6 Å². The molecular formula is C29H36N4O3S. The number of unbranched alkanes of at least 4 members (excludes halogenated alkanes) is 2. The number of para-hydroxylation sites is 1. The van der Waals surface area contributed by atoms with E-state index in [0.29, 0.717) is 25.3 Å². The number of thiazole rings is 1. The van der Waals surface area contributed by atoms with Crippen LogP contribution < -0.4 is 14.8 Å². The van der Waals surface area contributed by atoms with E-state index >= 15 is 0 Å².